The molecule has 0 aliphatic carbocycles. The Bertz CT molecular complexity index is 223. The van der Waals surface area contributed by atoms with E-state index in [1.54, 1.807) is 0 Å². The topological polar surface area (TPSA) is 63.3 Å². The van der Waals surface area contributed by atoms with Crippen molar-refractivity contribution in [1.29, 1.82) is 0 Å². The summed E-state index contributed by atoms with van der Waals surface area (Å²) in [4.78, 5) is 10.3. The second-order valence-corrected chi connectivity index (χ2v) is 4.81. The van der Waals surface area contributed by atoms with Gasteiger partial charge in [0.25, 0.3) is 0 Å². The Balaban J connectivity index is 4.26. The van der Waals surface area contributed by atoms with E-state index in [1.165, 1.54) is 11.8 Å². The van der Waals surface area contributed by atoms with E-state index in [-0.39, 0.29) is 6.42 Å². The highest BCUT2D eigenvalue weighted by Crippen LogP contribution is 2.32. The molecule has 7 heteroatoms. The Kier molecular flexibility index (Phi) is 6.82. The molecule has 0 aromatic heterocycles. The number of carboxylic acid groups (broad SMARTS) is 1. The minimum Gasteiger partial charge on any atom is -0.481 e. The third-order valence-corrected chi connectivity index (χ3v) is 3.08. The maximum atomic E-state index is 12.4. The summed E-state index contributed by atoms with van der Waals surface area (Å²) < 4.78 is 37.3. The molecule has 0 aliphatic rings. The van der Waals surface area contributed by atoms with E-state index < -0.39 is 30.5 Å². The molecule has 0 aromatic carbocycles. The van der Waals surface area contributed by atoms with Crippen molar-refractivity contribution >= 4 is 17.7 Å². The van der Waals surface area contributed by atoms with E-state index in [2.05, 4.69) is 0 Å². The first-order valence-electron chi connectivity index (χ1n) is 4.89. The number of rotatable bonds is 7. The van der Waals surface area contributed by atoms with Crippen molar-refractivity contribution in [3.05, 3.63) is 0 Å². The van der Waals surface area contributed by atoms with E-state index >= 15 is 0 Å². The van der Waals surface area contributed by atoms with Gasteiger partial charge in [0, 0.05) is 11.8 Å². The minimum atomic E-state index is -4.49. The highest BCUT2D eigenvalue weighted by atomic mass is 32.2. The van der Waals surface area contributed by atoms with Gasteiger partial charge in [-0.1, -0.05) is 6.92 Å². The molecule has 0 heterocycles. The second-order valence-electron chi connectivity index (χ2n) is 3.49. The number of hydrogen-bond acceptors (Lipinski definition) is 3. The fourth-order valence-electron chi connectivity index (χ4n) is 1.25. The fraction of sp³-hybridized carbons (Fsp3) is 0.889. The van der Waals surface area contributed by atoms with E-state index in [1.807, 2.05) is 6.92 Å². The molecule has 0 saturated carbocycles. The number of alkyl halides is 3. The number of thioether (sulfide) groups is 1. The Morgan fingerprint density at radius 2 is 2.06 bits per heavy atom. The molecule has 0 aromatic rings. The van der Waals surface area contributed by atoms with Crippen molar-refractivity contribution in [3.63, 3.8) is 0 Å². The van der Waals surface area contributed by atoms with Gasteiger partial charge in [0.05, 0.1) is 12.3 Å². The van der Waals surface area contributed by atoms with Crippen molar-refractivity contribution in [2.45, 2.75) is 32.0 Å². The molecule has 0 aliphatic heterocycles. The van der Waals surface area contributed by atoms with Gasteiger partial charge in [-0.2, -0.15) is 24.9 Å². The van der Waals surface area contributed by atoms with E-state index in [0.717, 1.165) is 5.75 Å². The van der Waals surface area contributed by atoms with Crippen molar-refractivity contribution in [2.24, 2.45) is 11.7 Å². The Hall–Kier alpha value is -0.430. The van der Waals surface area contributed by atoms with Gasteiger partial charge >= 0.3 is 12.1 Å². The number of halogens is 3. The summed E-state index contributed by atoms with van der Waals surface area (Å²) in [6, 6.07) is -0.615. The molecule has 0 spiro atoms. The van der Waals surface area contributed by atoms with Crippen LogP contribution in [0, 0.1) is 5.92 Å². The largest absolute Gasteiger partial charge is 0.481 e. The lowest BCUT2D eigenvalue weighted by Crippen LogP contribution is -2.34. The Labute approximate surface area is 96.6 Å². The number of hydrogen-bond donors (Lipinski definition) is 2. The average Bonchev–Trinajstić information content (AvgIpc) is 2.11. The van der Waals surface area contributed by atoms with Crippen LogP contribution in [0.4, 0.5) is 13.2 Å². The maximum absolute atomic E-state index is 12.4. The summed E-state index contributed by atoms with van der Waals surface area (Å²) in [5.41, 5.74) is 5.52. The Morgan fingerprint density at radius 3 is 2.44 bits per heavy atom. The molecule has 0 saturated heterocycles. The van der Waals surface area contributed by atoms with Crippen molar-refractivity contribution in [3.8, 4) is 0 Å². The van der Waals surface area contributed by atoms with Crippen LogP contribution in [0.15, 0.2) is 0 Å². The first kappa shape index (κ1) is 15.6. The molecule has 3 nitrogen and oxygen atoms in total. The molecule has 3 N–H and O–H groups in total. The Morgan fingerprint density at radius 1 is 1.50 bits per heavy atom. The fourth-order valence-corrected chi connectivity index (χ4v) is 1.92. The van der Waals surface area contributed by atoms with Crippen LogP contribution in [0.5, 0.6) is 0 Å². The number of aliphatic carboxylic acids is 1. The quantitative estimate of drug-likeness (QED) is 0.735. The van der Waals surface area contributed by atoms with Crippen LogP contribution in [0.1, 0.15) is 19.8 Å². The summed E-state index contributed by atoms with van der Waals surface area (Å²) in [6.07, 6.45) is -5.73. The van der Waals surface area contributed by atoms with Gasteiger partial charge in [-0.3, -0.25) is 4.79 Å². The zero-order valence-corrected chi connectivity index (χ0v) is 9.77. The standard InChI is InChI=1S/C9H16F3NO2S/c1-2-16-5-7(13)3-6(4-8(14)15)9(10,11)12/h6-7H,2-5,13H2,1H3,(H,14,15)/t6-,7+/m1/s1. The van der Waals surface area contributed by atoms with Gasteiger partial charge in [-0.05, 0) is 12.2 Å². The third kappa shape index (κ3) is 6.95. The molecule has 0 unspecified atom stereocenters. The summed E-state index contributed by atoms with van der Waals surface area (Å²) in [5.74, 6) is -2.10. The lowest BCUT2D eigenvalue weighted by atomic mass is 9.97. The zero-order chi connectivity index (χ0) is 12.8. The summed E-state index contributed by atoms with van der Waals surface area (Å²) in [6.45, 7) is 1.88. The lowest BCUT2D eigenvalue weighted by Gasteiger charge is -2.21. The van der Waals surface area contributed by atoms with Gasteiger partial charge in [-0.25, -0.2) is 0 Å². The molecule has 0 fully saturated rings. The van der Waals surface area contributed by atoms with Crippen molar-refractivity contribution < 1.29 is 23.1 Å². The number of carbonyl (C=O) groups is 1. The van der Waals surface area contributed by atoms with Crippen molar-refractivity contribution in [1.82, 2.24) is 0 Å². The monoisotopic (exact) mass is 259 g/mol. The third-order valence-electron chi connectivity index (χ3n) is 2.01. The van der Waals surface area contributed by atoms with Crippen LogP contribution >= 0.6 is 11.8 Å². The molecule has 0 bridgehead atoms. The van der Waals surface area contributed by atoms with Crippen LogP contribution in [0.25, 0.3) is 0 Å². The second kappa shape index (κ2) is 7.01. The number of nitrogens with two attached hydrogens (primary N) is 1. The smallest absolute Gasteiger partial charge is 0.392 e. The van der Waals surface area contributed by atoms with Crippen LogP contribution < -0.4 is 5.73 Å². The van der Waals surface area contributed by atoms with Gasteiger partial charge in [0.15, 0.2) is 0 Å². The molecule has 2 atom stereocenters. The van der Waals surface area contributed by atoms with Crippen LogP contribution in [0.2, 0.25) is 0 Å². The predicted molar refractivity (Wildman–Crippen MR) is 57.4 cm³/mol. The molecule has 0 rings (SSSR count). The molecule has 16 heavy (non-hydrogen) atoms. The molecule has 96 valence electrons. The normalized spacial score (nSPS) is 15.8. The van der Waals surface area contributed by atoms with Gasteiger partial charge in [0.2, 0.25) is 0 Å². The zero-order valence-electron chi connectivity index (χ0n) is 8.96. The minimum absolute atomic E-state index is 0.331. The first-order chi connectivity index (χ1) is 7.27. The SMILES string of the molecule is CCSC[C@@H](N)C[C@H](CC(=O)O)C(F)(F)F. The highest BCUT2D eigenvalue weighted by Gasteiger charge is 2.41. The van der Waals surface area contributed by atoms with Crippen LogP contribution in [-0.4, -0.2) is 34.8 Å². The highest BCUT2D eigenvalue weighted by molar-refractivity contribution is 7.99. The summed E-state index contributed by atoms with van der Waals surface area (Å²) in [7, 11) is 0. The summed E-state index contributed by atoms with van der Waals surface area (Å²) >= 11 is 1.45. The number of carboxylic acids is 1. The van der Waals surface area contributed by atoms with E-state index in [4.69, 9.17) is 10.8 Å². The maximum Gasteiger partial charge on any atom is 0.392 e. The molecule has 0 radical (unpaired) electrons. The van der Waals surface area contributed by atoms with Crippen LogP contribution in [-0.2, 0) is 4.79 Å². The predicted octanol–water partition coefficient (Wildman–Crippen LogP) is 2.11. The van der Waals surface area contributed by atoms with Gasteiger partial charge in [-0.15, -0.1) is 0 Å². The molecular formula is C9H16F3NO2S. The van der Waals surface area contributed by atoms with E-state index in [9.17, 15) is 18.0 Å². The average molecular weight is 259 g/mol. The van der Waals surface area contributed by atoms with Crippen molar-refractivity contribution in [2.75, 3.05) is 11.5 Å². The first-order valence-corrected chi connectivity index (χ1v) is 6.04. The molecule has 0 amide bonds. The van der Waals surface area contributed by atoms with Gasteiger partial charge < -0.3 is 10.8 Å². The van der Waals surface area contributed by atoms with E-state index in [0.29, 0.717) is 5.75 Å². The van der Waals surface area contributed by atoms with Gasteiger partial charge in [0.1, 0.15) is 0 Å². The summed E-state index contributed by atoms with van der Waals surface area (Å²) in [5, 5.41) is 8.39. The lowest BCUT2D eigenvalue weighted by molar-refractivity contribution is -0.185. The molecular weight excluding hydrogens is 243 g/mol. The van der Waals surface area contributed by atoms with Crippen LogP contribution in [0.3, 0.4) is 0 Å².